The van der Waals surface area contributed by atoms with Gasteiger partial charge in [0.15, 0.2) is 0 Å². The predicted molar refractivity (Wildman–Crippen MR) is 130 cm³/mol. The molecule has 2 N–H and O–H groups in total. The number of nitrogens with two attached hydrogens (primary N) is 1. The summed E-state index contributed by atoms with van der Waals surface area (Å²) in [5, 5.41) is 17.0. The summed E-state index contributed by atoms with van der Waals surface area (Å²) in [7, 11) is -9.56. The van der Waals surface area contributed by atoms with Crippen molar-refractivity contribution in [1.29, 1.82) is 0 Å². The second kappa shape index (κ2) is 12.9. The number of benzene rings is 4. The Morgan fingerprint density at radius 3 is 1.79 bits per heavy atom. The summed E-state index contributed by atoms with van der Waals surface area (Å²) in [6.45, 7) is 1.80. The number of aryl methyl sites for hydroxylation is 1. The van der Waals surface area contributed by atoms with Crippen molar-refractivity contribution in [2.45, 2.75) is 16.7 Å². The van der Waals surface area contributed by atoms with Crippen LogP contribution in [0.1, 0.15) is 5.56 Å². The Labute approximate surface area is 263 Å². The van der Waals surface area contributed by atoms with Crippen molar-refractivity contribution in [1.82, 2.24) is 0 Å². The Kier molecular flexibility index (Phi) is 10.9. The number of azo groups is 2. The first-order chi connectivity index (χ1) is 16.9. The van der Waals surface area contributed by atoms with Crippen LogP contribution < -0.4 is 64.8 Å². The molecule has 0 heterocycles. The SMILES string of the molecule is Cc1cc(N)ccc1N=Nc1ccc(N=Nc2ccccc2S(=O)(=O)[O-])c2ccc(S(=O)(=O)[O-])cc12.[Na+].[Na+]. The van der Waals surface area contributed by atoms with Crippen LogP contribution in [0, 0.1) is 6.92 Å². The van der Waals surface area contributed by atoms with Crippen LogP contribution in [-0.2, 0) is 20.2 Å². The maximum Gasteiger partial charge on any atom is 1.00 e. The maximum absolute atomic E-state index is 11.6. The smallest absolute Gasteiger partial charge is 0.744 e. The average Bonchev–Trinajstić information content (AvgIpc) is 2.81. The first-order valence-electron chi connectivity index (χ1n) is 10.2. The van der Waals surface area contributed by atoms with Crippen LogP contribution in [0.3, 0.4) is 0 Å². The zero-order chi connectivity index (χ0) is 26.1. The fourth-order valence-corrected chi connectivity index (χ4v) is 4.49. The van der Waals surface area contributed by atoms with Gasteiger partial charge in [-0.15, -0.1) is 15.3 Å². The summed E-state index contributed by atoms with van der Waals surface area (Å²) in [4.78, 5) is -1.02. The molecule has 0 spiro atoms. The van der Waals surface area contributed by atoms with E-state index in [0.717, 1.165) is 23.8 Å². The fourth-order valence-electron chi connectivity index (χ4n) is 3.38. The van der Waals surface area contributed by atoms with Gasteiger partial charge in [0.05, 0.1) is 26.9 Å². The van der Waals surface area contributed by atoms with E-state index in [1.165, 1.54) is 36.4 Å². The van der Waals surface area contributed by atoms with Gasteiger partial charge >= 0.3 is 59.1 Å². The molecule has 4 rings (SSSR count). The minimum absolute atomic E-state index is 0. The average molecular weight is 570 g/mol. The first-order valence-corrected chi connectivity index (χ1v) is 13.0. The second-order valence-corrected chi connectivity index (χ2v) is 10.4. The number of fused-ring (bicyclic) bond motifs is 1. The maximum atomic E-state index is 11.6. The summed E-state index contributed by atoms with van der Waals surface area (Å²) < 4.78 is 69.4. The molecule has 0 aliphatic carbocycles. The third-order valence-corrected chi connectivity index (χ3v) is 6.83. The van der Waals surface area contributed by atoms with E-state index in [9.17, 15) is 25.9 Å². The molecule has 4 aromatic carbocycles. The van der Waals surface area contributed by atoms with E-state index in [0.29, 0.717) is 16.8 Å². The van der Waals surface area contributed by atoms with Crippen LogP contribution in [-0.4, -0.2) is 25.9 Å². The van der Waals surface area contributed by atoms with E-state index in [1.54, 1.807) is 25.1 Å². The van der Waals surface area contributed by atoms with Gasteiger partial charge in [-0.3, -0.25) is 0 Å². The van der Waals surface area contributed by atoms with Gasteiger partial charge in [0.25, 0.3) is 0 Å². The van der Waals surface area contributed by atoms with Gasteiger partial charge in [0.2, 0.25) is 0 Å². The Morgan fingerprint density at radius 1 is 0.632 bits per heavy atom. The number of hydrogen-bond acceptors (Lipinski definition) is 11. The van der Waals surface area contributed by atoms with Crippen LogP contribution >= 0.6 is 0 Å². The van der Waals surface area contributed by atoms with E-state index in [-0.39, 0.29) is 81.6 Å². The van der Waals surface area contributed by atoms with Crippen molar-refractivity contribution in [3.63, 3.8) is 0 Å². The molecular weight excluding hydrogens is 552 g/mol. The molecule has 0 aliphatic heterocycles. The molecule has 0 bridgehead atoms. The van der Waals surface area contributed by atoms with Crippen molar-refractivity contribution >= 4 is 59.4 Å². The summed E-state index contributed by atoms with van der Waals surface area (Å²) in [5.74, 6) is 0. The number of hydrogen-bond donors (Lipinski definition) is 1. The molecular formula is C23H17N5Na2O6S2. The molecule has 0 saturated carbocycles. The minimum Gasteiger partial charge on any atom is -0.744 e. The summed E-state index contributed by atoms with van der Waals surface area (Å²) in [5.41, 5.74) is 7.90. The fraction of sp³-hybridized carbons (Fsp3) is 0.0435. The third-order valence-electron chi connectivity index (χ3n) is 5.12. The molecule has 0 atom stereocenters. The number of nitrogen functional groups attached to an aromatic ring is 1. The molecule has 0 amide bonds. The van der Waals surface area contributed by atoms with Gasteiger partial charge in [-0.25, -0.2) is 16.8 Å². The van der Waals surface area contributed by atoms with E-state index in [4.69, 9.17) is 5.73 Å². The van der Waals surface area contributed by atoms with Gasteiger partial charge < -0.3 is 14.8 Å². The van der Waals surface area contributed by atoms with E-state index in [1.807, 2.05) is 0 Å². The van der Waals surface area contributed by atoms with Crippen molar-refractivity contribution < 1.29 is 85.1 Å². The molecule has 0 saturated heterocycles. The van der Waals surface area contributed by atoms with E-state index < -0.39 is 30.0 Å². The Bertz CT molecular complexity index is 1780. The minimum atomic E-state index is -4.79. The molecule has 4 aromatic rings. The largest absolute Gasteiger partial charge is 1.00 e. The molecule has 0 aromatic heterocycles. The van der Waals surface area contributed by atoms with Crippen molar-refractivity contribution in [3.05, 3.63) is 78.4 Å². The van der Waals surface area contributed by atoms with Gasteiger partial charge in [0.1, 0.15) is 25.9 Å². The monoisotopic (exact) mass is 569 g/mol. The molecule has 184 valence electrons. The van der Waals surface area contributed by atoms with Crippen LogP contribution in [0.4, 0.5) is 28.4 Å². The van der Waals surface area contributed by atoms with E-state index >= 15 is 0 Å². The molecule has 0 unspecified atom stereocenters. The Morgan fingerprint density at radius 2 is 1.18 bits per heavy atom. The second-order valence-electron chi connectivity index (χ2n) is 7.63. The van der Waals surface area contributed by atoms with Crippen LogP contribution in [0.15, 0.2) is 103 Å². The summed E-state index contributed by atoms with van der Waals surface area (Å²) >= 11 is 0. The van der Waals surface area contributed by atoms with Crippen molar-refractivity contribution in [2.24, 2.45) is 20.5 Å². The third kappa shape index (κ3) is 7.54. The van der Waals surface area contributed by atoms with Crippen LogP contribution in [0.2, 0.25) is 0 Å². The summed E-state index contributed by atoms with van der Waals surface area (Å²) in [6, 6.07) is 17.0. The van der Waals surface area contributed by atoms with Gasteiger partial charge in [-0.1, -0.05) is 18.2 Å². The molecule has 0 radical (unpaired) electrons. The quantitative estimate of drug-likeness (QED) is 0.138. The summed E-state index contributed by atoms with van der Waals surface area (Å²) in [6.07, 6.45) is 0. The molecule has 0 aliphatic rings. The van der Waals surface area contributed by atoms with Crippen LogP contribution in [0.25, 0.3) is 10.8 Å². The van der Waals surface area contributed by atoms with Crippen molar-refractivity contribution in [3.8, 4) is 0 Å². The van der Waals surface area contributed by atoms with Crippen molar-refractivity contribution in [2.75, 3.05) is 5.73 Å². The topological polar surface area (TPSA) is 190 Å². The van der Waals surface area contributed by atoms with Gasteiger partial charge in [-0.05, 0) is 67.1 Å². The Hall–Kier alpha value is -2.04. The normalized spacial score (nSPS) is 12.0. The molecule has 0 fully saturated rings. The van der Waals surface area contributed by atoms with Gasteiger partial charge in [-0.2, -0.15) is 5.11 Å². The van der Waals surface area contributed by atoms with Crippen LogP contribution in [0.5, 0.6) is 0 Å². The van der Waals surface area contributed by atoms with Gasteiger partial charge in [0, 0.05) is 16.5 Å². The number of nitrogens with zero attached hydrogens (tertiary/aromatic N) is 4. The zero-order valence-electron chi connectivity index (χ0n) is 20.6. The molecule has 15 heteroatoms. The Balaban J connectivity index is 0.00000253. The van der Waals surface area contributed by atoms with E-state index in [2.05, 4.69) is 20.5 Å². The molecule has 38 heavy (non-hydrogen) atoms. The number of rotatable bonds is 6. The predicted octanol–water partition coefficient (Wildman–Crippen LogP) is -0.623. The first kappa shape index (κ1) is 32.2. The molecule has 11 nitrogen and oxygen atoms in total. The standard InChI is InChI=1S/C23H19N5O6S2.2Na/c1-14-12-15(24)6-9-19(14)25-27-21-11-10-20(17-8-7-16(13-18(17)21)35(29,30)31)26-28-22-4-2-3-5-23(22)36(32,33)34;;/h2-13H,24H2,1H3,(H,29,30,31)(H,32,33,34);;/q;2*+1/p-2. The number of anilines is 1. The zero-order valence-corrected chi connectivity index (χ0v) is 26.2.